The van der Waals surface area contributed by atoms with E-state index in [4.69, 9.17) is 0 Å². The van der Waals surface area contributed by atoms with E-state index in [1.807, 2.05) is 6.92 Å². The summed E-state index contributed by atoms with van der Waals surface area (Å²) in [4.78, 5) is 2.27. The fourth-order valence-electron chi connectivity index (χ4n) is 2.68. The number of piperidine rings is 1. The van der Waals surface area contributed by atoms with Gasteiger partial charge in [-0.05, 0) is 57.0 Å². The van der Waals surface area contributed by atoms with E-state index in [2.05, 4.69) is 17.3 Å². The Balaban J connectivity index is 2.01. The first-order valence-electron chi connectivity index (χ1n) is 6.96. The molecule has 20 heavy (non-hydrogen) atoms. The Morgan fingerprint density at radius 3 is 2.75 bits per heavy atom. The molecule has 112 valence electrons. The predicted octanol–water partition coefficient (Wildman–Crippen LogP) is 3.77. The molecule has 1 aromatic carbocycles. The number of anilines is 1. The fraction of sp³-hybridized carbons (Fsp3) is 0.600. The Labute approximate surface area is 118 Å². The van der Waals surface area contributed by atoms with E-state index in [-0.39, 0.29) is 0 Å². The summed E-state index contributed by atoms with van der Waals surface area (Å²) >= 11 is 0. The largest absolute Gasteiger partial charge is 0.416 e. The van der Waals surface area contributed by atoms with Crippen LogP contribution in [0.4, 0.5) is 18.9 Å². The highest BCUT2D eigenvalue weighted by atomic mass is 19.4. The van der Waals surface area contributed by atoms with Crippen LogP contribution in [-0.4, -0.2) is 31.6 Å². The van der Waals surface area contributed by atoms with Crippen molar-refractivity contribution in [1.82, 2.24) is 4.90 Å². The highest BCUT2D eigenvalue weighted by Crippen LogP contribution is 2.32. The third-order valence-corrected chi connectivity index (χ3v) is 3.87. The summed E-state index contributed by atoms with van der Waals surface area (Å²) in [6, 6.07) is 3.87. The second-order valence-corrected chi connectivity index (χ2v) is 5.68. The van der Waals surface area contributed by atoms with E-state index in [1.54, 1.807) is 0 Å². The Bertz CT molecular complexity index is 457. The van der Waals surface area contributed by atoms with Crippen molar-refractivity contribution in [2.24, 2.45) is 5.92 Å². The van der Waals surface area contributed by atoms with E-state index in [1.165, 1.54) is 12.1 Å². The molecular formula is C15H21F3N2. The minimum Gasteiger partial charge on any atom is -0.384 e. The minimum atomic E-state index is -4.28. The molecular weight excluding hydrogens is 265 g/mol. The van der Waals surface area contributed by atoms with Gasteiger partial charge in [0.25, 0.3) is 0 Å². The van der Waals surface area contributed by atoms with E-state index in [0.717, 1.165) is 44.1 Å². The van der Waals surface area contributed by atoms with E-state index in [0.29, 0.717) is 11.6 Å². The molecule has 0 aromatic heterocycles. The molecule has 1 fully saturated rings. The molecule has 0 saturated carbocycles. The average molecular weight is 286 g/mol. The van der Waals surface area contributed by atoms with Crippen LogP contribution in [0.15, 0.2) is 18.2 Å². The topological polar surface area (TPSA) is 15.3 Å². The van der Waals surface area contributed by atoms with Crippen LogP contribution in [0.2, 0.25) is 0 Å². The number of nitrogens with zero attached hydrogens (tertiary/aromatic N) is 1. The van der Waals surface area contributed by atoms with Crippen molar-refractivity contribution in [1.29, 1.82) is 0 Å². The van der Waals surface area contributed by atoms with Gasteiger partial charge in [-0.2, -0.15) is 13.2 Å². The highest BCUT2D eigenvalue weighted by Gasteiger charge is 2.30. The first kappa shape index (κ1) is 15.2. The van der Waals surface area contributed by atoms with Gasteiger partial charge in [-0.1, -0.05) is 6.07 Å². The number of hydrogen-bond acceptors (Lipinski definition) is 2. The lowest BCUT2D eigenvalue weighted by Gasteiger charge is -2.30. The summed E-state index contributed by atoms with van der Waals surface area (Å²) in [7, 11) is 2.09. The average Bonchev–Trinajstić information content (AvgIpc) is 2.36. The molecule has 1 aliphatic rings. The van der Waals surface area contributed by atoms with E-state index < -0.39 is 11.7 Å². The fourth-order valence-corrected chi connectivity index (χ4v) is 2.68. The first-order chi connectivity index (χ1) is 9.36. The van der Waals surface area contributed by atoms with Crippen molar-refractivity contribution in [2.75, 3.05) is 32.0 Å². The zero-order valence-corrected chi connectivity index (χ0v) is 11.9. The van der Waals surface area contributed by atoms with Gasteiger partial charge in [0.2, 0.25) is 0 Å². The molecule has 1 atom stereocenters. The predicted molar refractivity (Wildman–Crippen MR) is 74.9 cm³/mol. The molecule has 0 radical (unpaired) electrons. The van der Waals surface area contributed by atoms with Crippen LogP contribution in [0, 0.1) is 12.8 Å². The molecule has 1 aromatic rings. The van der Waals surface area contributed by atoms with Crippen LogP contribution in [0.1, 0.15) is 24.0 Å². The van der Waals surface area contributed by atoms with Gasteiger partial charge >= 0.3 is 6.18 Å². The number of hydrogen-bond donors (Lipinski definition) is 1. The number of likely N-dealkylation sites (tertiary alicyclic amines) is 1. The van der Waals surface area contributed by atoms with Crippen LogP contribution in [-0.2, 0) is 6.18 Å². The van der Waals surface area contributed by atoms with Gasteiger partial charge < -0.3 is 10.2 Å². The molecule has 0 bridgehead atoms. The number of benzene rings is 1. The monoisotopic (exact) mass is 286 g/mol. The third kappa shape index (κ3) is 3.88. The maximum atomic E-state index is 12.7. The van der Waals surface area contributed by atoms with Crippen molar-refractivity contribution in [2.45, 2.75) is 25.9 Å². The van der Waals surface area contributed by atoms with Crippen LogP contribution >= 0.6 is 0 Å². The van der Waals surface area contributed by atoms with Crippen molar-refractivity contribution in [3.8, 4) is 0 Å². The standard InChI is InChI=1S/C15H21F3N2/c1-11-5-6-13(15(16,17)18)8-14(11)19-9-12-4-3-7-20(2)10-12/h5-6,8,12,19H,3-4,7,9-10H2,1-2H3. The molecule has 5 heteroatoms. The minimum absolute atomic E-state index is 0.502. The van der Waals surface area contributed by atoms with E-state index >= 15 is 0 Å². The van der Waals surface area contributed by atoms with Gasteiger partial charge in [-0.25, -0.2) is 0 Å². The molecule has 1 aliphatic heterocycles. The normalized spacial score (nSPS) is 20.9. The molecule has 1 saturated heterocycles. The zero-order valence-electron chi connectivity index (χ0n) is 11.9. The Morgan fingerprint density at radius 1 is 1.35 bits per heavy atom. The number of halogens is 3. The van der Waals surface area contributed by atoms with Crippen LogP contribution < -0.4 is 5.32 Å². The molecule has 0 spiro atoms. The molecule has 2 rings (SSSR count). The van der Waals surface area contributed by atoms with E-state index in [9.17, 15) is 13.2 Å². The van der Waals surface area contributed by atoms with Crippen LogP contribution in [0.25, 0.3) is 0 Å². The Hall–Kier alpha value is -1.23. The quantitative estimate of drug-likeness (QED) is 0.910. The highest BCUT2D eigenvalue weighted by molar-refractivity contribution is 5.53. The Morgan fingerprint density at radius 2 is 2.10 bits per heavy atom. The second kappa shape index (κ2) is 6.04. The zero-order chi connectivity index (χ0) is 14.8. The molecule has 1 heterocycles. The third-order valence-electron chi connectivity index (χ3n) is 3.87. The van der Waals surface area contributed by atoms with Crippen molar-refractivity contribution in [3.05, 3.63) is 29.3 Å². The summed E-state index contributed by atoms with van der Waals surface area (Å²) in [5.41, 5.74) is 0.849. The van der Waals surface area contributed by atoms with Gasteiger partial charge in [0, 0.05) is 18.8 Å². The molecule has 0 amide bonds. The van der Waals surface area contributed by atoms with Crippen LogP contribution in [0.5, 0.6) is 0 Å². The molecule has 1 N–H and O–H groups in total. The summed E-state index contributed by atoms with van der Waals surface area (Å²) in [5.74, 6) is 0.502. The van der Waals surface area contributed by atoms with Gasteiger partial charge in [0.15, 0.2) is 0 Å². The Kier molecular flexibility index (Phi) is 4.58. The molecule has 2 nitrogen and oxygen atoms in total. The second-order valence-electron chi connectivity index (χ2n) is 5.68. The number of rotatable bonds is 3. The lowest BCUT2D eigenvalue weighted by atomic mass is 9.98. The molecule has 1 unspecified atom stereocenters. The first-order valence-corrected chi connectivity index (χ1v) is 6.96. The SMILES string of the molecule is Cc1ccc(C(F)(F)F)cc1NCC1CCCN(C)C1. The maximum Gasteiger partial charge on any atom is 0.416 e. The van der Waals surface area contributed by atoms with Gasteiger partial charge in [-0.3, -0.25) is 0 Å². The van der Waals surface area contributed by atoms with Crippen molar-refractivity contribution >= 4 is 5.69 Å². The smallest absolute Gasteiger partial charge is 0.384 e. The van der Waals surface area contributed by atoms with Crippen molar-refractivity contribution in [3.63, 3.8) is 0 Å². The number of alkyl halides is 3. The van der Waals surface area contributed by atoms with Gasteiger partial charge in [0.1, 0.15) is 0 Å². The van der Waals surface area contributed by atoms with Gasteiger partial charge in [0.05, 0.1) is 5.56 Å². The lowest BCUT2D eigenvalue weighted by Crippen LogP contribution is -2.35. The van der Waals surface area contributed by atoms with Crippen molar-refractivity contribution < 1.29 is 13.2 Å². The lowest BCUT2D eigenvalue weighted by molar-refractivity contribution is -0.137. The summed E-state index contributed by atoms with van der Waals surface area (Å²) < 4.78 is 38.1. The maximum absolute atomic E-state index is 12.7. The van der Waals surface area contributed by atoms with Gasteiger partial charge in [-0.15, -0.1) is 0 Å². The summed E-state index contributed by atoms with van der Waals surface area (Å²) in [5, 5.41) is 3.19. The summed E-state index contributed by atoms with van der Waals surface area (Å²) in [6.07, 6.45) is -1.99. The number of aryl methyl sites for hydroxylation is 1. The number of nitrogens with one attached hydrogen (secondary N) is 1. The van der Waals surface area contributed by atoms with Crippen LogP contribution in [0.3, 0.4) is 0 Å². The summed E-state index contributed by atoms with van der Waals surface area (Å²) in [6.45, 7) is 4.67. The molecule has 0 aliphatic carbocycles.